The fraction of sp³-hybridized carbons (Fsp3) is 0.545. The predicted octanol–water partition coefficient (Wildman–Crippen LogP) is 1.96. The van der Waals surface area contributed by atoms with E-state index in [4.69, 9.17) is 0 Å². The second-order valence-corrected chi connectivity index (χ2v) is 9.10. The first-order chi connectivity index (χ1) is 14.2. The maximum Gasteiger partial charge on any atom is 0.274 e. The minimum absolute atomic E-state index is 0.0829. The summed E-state index contributed by atoms with van der Waals surface area (Å²) < 4.78 is 1.91. The van der Waals surface area contributed by atoms with Crippen molar-refractivity contribution < 1.29 is 9.90 Å². The number of thioether (sulfide) groups is 1. The van der Waals surface area contributed by atoms with Gasteiger partial charge in [-0.05, 0) is 24.8 Å². The monoisotopic (exact) mass is 414 g/mol. The molecule has 156 valence electrons. The zero-order chi connectivity index (χ0) is 20.2. The van der Waals surface area contributed by atoms with Gasteiger partial charge in [0.1, 0.15) is 0 Å². The zero-order valence-corrected chi connectivity index (χ0v) is 17.9. The van der Waals surface area contributed by atoms with Crippen molar-refractivity contribution in [2.24, 2.45) is 7.05 Å². The Balaban J connectivity index is 1.55. The van der Waals surface area contributed by atoms with E-state index in [1.807, 2.05) is 34.5 Å². The molecule has 1 aliphatic heterocycles. The molecule has 0 spiro atoms. The molecule has 1 unspecified atom stereocenters. The van der Waals surface area contributed by atoms with Gasteiger partial charge in [0.05, 0.1) is 6.61 Å². The van der Waals surface area contributed by atoms with Crippen molar-refractivity contribution in [1.29, 1.82) is 0 Å². The van der Waals surface area contributed by atoms with Crippen molar-refractivity contribution in [3.05, 3.63) is 52.8 Å². The van der Waals surface area contributed by atoms with Gasteiger partial charge in [-0.1, -0.05) is 30.3 Å². The third-order valence-corrected chi connectivity index (χ3v) is 7.00. The lowest BCUT2D eigenvalue weighted by molar-refractivity contribution is 0.0763. The Morgan fingerprint density at radius 1 is 1.28 bits per heavy atom. The Kier molecular flexibility index (Phi) is 6.57. The molecule has 29 heavy (non-hydrogen) atoms. The van der Waals surface area contributed by atoms with E-state index >= 15 is 0 Å². The van der Waals surface area contributed by atoms with E-state index < -0.39 is 0 Å². The summed E-state index contributed by atoms with van der Waals surface area (Å²) in [4.78, 5) is 17.5. The van der Waals surface area contributed by atoms with Gasteiger partial charge in [0, 0.05) is 62.0 Å². The Hall–Kier alpha value is -1.83. The van der Waals surface area contributed by atoms with Gasteiger partial charge in [-0.25, -0.2) is 0 Å². The van der Waals surface area contributed by atoms with E-state index in [9.17, 15) is 9.90 Å². The molecule has 1 aromatic carbocycles. The summed E-state index contributed by atoms with van der Waals surface area (Å²) in [6.07, 6.45) is 2.76. The average molecular weight is 415 g/mol. The van der Waals surface area contributed by atoms with Crippen LogP contribution < -0.4 is 0 Å². The maximum absolute atomic E-state index is 13.2. The van der Waals surface area contributed by atoms with E-state index in [2.05, 4.69) is 34.3 Å². The SMILES string of the molecule is Cn1nc(C(=O)N2CCSCC2)c2c1CCC(N(CCO)Cc1ccccc1)C2. The number of fused-ring (bicyclic) bond motifs is 1. The highest BCUT2D eigenvalue weighted by Gasteiger charge is 2.33. The fourth-order valence-corrected chi connectivity index (χ4v) is 5.41. The highest BCUT2D eigenvalue weighted by molar-refractivity contribution is 7.99. The molecule has 1 amide bonds. The second kappa shape index (κ2) is 9.32. The second-order valence-electron chi connectivity index (χ2n) is 7.88. The minimum Gasteiger partial charge on any atom is -0.395 e. The van der Waals surface area contributed by atoms with Crippen LogP contribution in [-0.2, 0) is 26.4 Å². The van der Waals surface area contributed by atoms with E-state index in [-0.39, 0.29) is 12.5 Å². The van der Waals surface area contributed by atoms with Gasteiger partial charge in [0.25, 0.3) is 5.91 Å². The summed E-state index contributed by atoms with van der Waals surface area (Å²) >= 11 is 1.91. The Bertz CT molecular complexity index is 833. The highest BCUT2D eigenvalue weighted by Crippen LogP contribution is 2.29. The van der Waals surface area contributed by atoms with Crippen molar-refractivity contribution in [1.82, 2.24) is 19.6 Å². The van der Waals surface area contributed by atoms with E-state index in [0.717, 1.165) is 56.0 Å². The van der Waals surface area contributed by atoms with Gasteiger partial charge in [-0.15, -0.1) is 0 Å². The van der Waals surface area contributed by atoms with Crippen LogP contribution >= 0.6 is 11.8 Å². The molecule has 7 heteroatoms. The zero-order valence-electron chi connectivity index (χ0n) is 17.1. The van der Waals surface area contributed by atoms with Gasteiger partial charge >= 0.3 is 0 Å². The van der Waals surface area contributed by atoms with Crippen LogP contribution in [0.4, 0.5) is 0 Å². The number of hydrogen-bond acceptors (Lipinski definition) is 5. The summed E-state index contributed by atoms with van der Waals surface area (Å²) in [5.74, 6) is 2.09. The highest BCUT2D eigenvalue weighted by atomic mass is 32.2. The van der Waals surface area contributed by atoms with Crippen LogP contribution in [0.3, 0.4) is 0 Å². The van der Waals surface area contributed by atoms with Crippen LogP contribution in [-0.4, -0.2) is 74.4 Å². The van der Waals surface area contributed by atoms with Crippen LogP contribution in [0, 0.1) is 0 Å². The number of aryl methyl sites for hydroxylation is 1. The number of aliphatic hydroxyl groups is 1. The molecule has 2 aromatic rings. The van der Waals surface area contributed by atoms with E-state index in [1.165, 1.54) is 11.3 Å². The molecular formula is C22H30N4O2S. The molecule has 1 atom stereocenters. The van der Waals surface area contributed by atoms with Crippen molar-refractivity contribution in [2.75, 3.05) is 37.7 Å². The molecule has 2 heterocycles. The van der Waals surface area contributed by atoms with Gasteiger partial charge in [-0.2, -0.15) is 16.9 Å². The van der Waals surface area contributed by atoms with E-state index in [0.29, 0.717) is 18.3 Å². The normalized spacial score (nSPS) is 19.4. The first-order valence-electron chi connectivity index (χ1n) is 10.5. The maximum atomic E-state index is 13.2. The molecule has 2 aliphatic rings. The number of nitrogens with zero attached hydrogens (tertiary/aromatic N) is 4. The number of aliphatic hydroxyl groups excluding tert-OH is 1. The minimum atomic E-state index is 0.0829. The van der Waals surface area contributed by atoms with Crippen molar-refractivity contribution >= 4 is 17.7 Å². The van der Waals surface area contributed by atoms with Crippen LogP contribution in [0.1, 0.15) is 33.7 Å². The lowest BCUT2D eigenvalue weighted by Crippen LogP contribution is -2.42. The number of carbonyl (C=O) groups excluding carboxylic acids is 1. The van der Waals surface area contributed by atoms with Gasteiger partial charge in [0.2, 0.25) is 0 Å². The summed E-state index contributed by atoms with van der Waals surface area (Å²) in [5, 5.41) is 14.3. The number of amides is 1. The Morgan fingerprint density at radius 2 is 2.03 bits per heavy atom. The smallest absolute Gasteiger partial charge is 0.274 e. The molecule has 0 bridgehead atoms. The number of aromatic nitrogens is 2. The molecular weight excluding hydrogens is 384 g/mol. The van der Waals surface area contributed by atoms with Crippen LogP contribution in [0.5, 0.6) is 0 Å². The van der Waals surface area contributed by atoms with Crippen LogP contribution in [0.25, 0.3) is 0 Å². The number of benzene rings is 1. The first kappa shape index (κ1) is 20.4. The average Bonchev–Trinajstić information content (AvgIpc) is 3.10. The third-order valence-electron chi connectivity index (χ3n) is 6.06. The van der Waals surface area contributed by atoms with Crippen LogP contribution in [0.15, 0.2) is 30.3 Å². The molecule has 6 nitrogen and oxygen atoms in total. The topological polar surface area (TPSA) is 61.6 Å². The van der Waals surface area contributed by atoms with Gasteiger partial charge in [0.15, 0.2) is 5.69 Å². The molecule has 0 saturated carbocycles. The molecule has 4 rings (SSSR count). The molecule has 1 aliphatic carbocycles. The number of rotatable bonds is 6. The van der Waals surface area contributed by atoms with Gasteiger partial charge in [-0.3, -0.25) is 14.4 Å². The number of hydrogen-bond donors (Lipinski definition) is 1. The quantitative estimate of drug-likeness (QED) is 0.783. The molecule has 1 fully saturated rings. The predicted molar refractivity (Wildman–Crippen MR) is 116 cm³/mol. The fourth-order valence-electron chi connectivity index (χ4n) is 4.51. The van der Waals surface area contributed by atoms with Crippen LogP contribution in [0.2, 0.25) is 0 Å². The molecule has 1 N–H and O–H groups in total. The number of carbonyl (C=O) groups is 1. The largest absolute Gasteiger partial charge is 0.395 e. The summed E-state index contributed by atoms with van der Waals surface area (Å²) in [5.41, 5.74) is 4.20. The molecule has 1 saturated heterocycles. The third kappa shape index (κ3) is 4.52. The van der Waals surface area contributed by atoms with Gasteiger partial charge < -0.3 is 10.0 Å². The summed E-state index contributed by atoms with van der Waals surface area (Å²) in [6.45, 7) is 3.21. The lowest BCUT2D eigenvalue weighted by Gasteiger charge is -2.34. The Morgan fingerprint density at radius 3 is 2.76 bits per heavy atom. The lowest BCUT2D eigenvalue weighted by atomic mass is 9.89. The standard InChI is InChI=1S/C22H30N4O2S/c1-24-20-8-7-18(26(9-12-27)16-17-5-3-2-4-6-17)15-19(20)21(23-24)22(28)25-10-13-29-14-11-25/h2-6,18,27H,7-16H2,1H3. The van der Waals surface area contributed by atoms with E-state index in [1.54, 1.807) is 0 Å². The summed E-state index contributed by atoms with van der Waals surface area (Å²) in [6, 6.07) is 10.7. The first-order valence-corrected chi connectivity index (χ1v) is 11.6. The Labute approximate surface area is 176 Å². The molecule has 0 radical (unpaired) electrons. The summed E-state index contributed by atoms with van der Waals surface area (Å²) in [7, 11) is 1.96. The van der Waals surface area contributed by atoms with Crippen molar-refractivity contribution in [3.63, 3.8) is 0 Å². The van der Waals surface area contributed by atoms with Crippen molar-refractivity contribution in [2.45, 2.75) is 31.8 Å². The molecule has 1 aromatic heterocycles. The van der Waals surface area contributed by atoms with Crippen molar-refractivity contribution in [3.8, 4) is 0 Å².